The van der Waals surface area contributed by atoms with E-state index in [0.717, 1.165) is 11.3 Å². The fourth-order valence-corrected chi connectivity index (χ4v) is 2.35. The van der Waals surface area contributed by atoms with Crippen LogP contribution in [0, 0.1) is 0 Å². The smallest absolute Gasteiger partial charge is 0.358 e. The van der Waals surface area contributed by atoms with Gasteiger partial charge in [0, 0.05) is 24.8 Å². The Morgan fingerprint density at radius 3 is 2.41 bits per heavy atom. The Kier molecular flexibility index (Phi) is 4.94. The average molecular weight is 326 g/mol. The summed E-state index contributed by atoms with van der Waals surface area (Å²) in [7, 11) is -3.13. The zero-order chi connectivity index (χ0) is 16.2. The van der Waals surface area contributed by atoms with Crippen LogP contribution in [0.4, 0.5) is 3.89 Å². The predicted molar refractivity (Wildman–Crippen MR) is 79.3 cm³/mol. The summed E-state index contributed by atoms with van der Waals surface area (Å²) in [5.41, 5.74) is 1.53. The van der Waals surface area contributed by atoms with E-state index >= 15 is 0 Å². The molecular formula is C14H15FN2O4S. The number of nitrogens with one attached hydrogen (secondary N) is 1. The molecule has 6 nitrogen and oxygen atoms in total. The van der Waals surface area contributed by atoms with E-state index in [0.29, 0.717) is 13.1 Å². The molecule has 8 heteroatoms. The minimum atomic E-state index is -5.00. The molecule has 118 valence electrons. The van der Waals surface area contributed by atoms with Gasteiger partial charge >= 0.3 is 10.5 Å². The Morgan fingerprint density at radius 1 is 1.14 bits per heavy atom. The molecule has 0 unspecified atom stereocenters. The van der Waals surface area contributed by atoms with Crippen LogP contribution in [-0.2, 0) is 23.6 Å². The van der Waals surface area contributed by atoms with Crippen molar-refractivity contribution >= 4 is 10.5 Å². The molecule has 0 bridgehead atoms. The Hall–Kier alpha value is -2.19. The van der Waals surface area contributed by atoms with Crippen molar-refractivity contribution in [2.45, 2.75) is 13.1 Å². The summed E-state index contributed by atoms with van der Waals surface area (Å²) in [6.45, 7) is 1.12. The number of aromatic amines is 1. The van der Waals surface area contributed by atoms with Crippen molar-refractivity contribution in [1.82, 2.24) is 9.88 Å². The first-order valence-electron chi connectivity index (χ1n) is 6.41. The standard InChI is InChI=1S/C14H15FN2O4S/c1-17(10-12-3-2-4-14(18)16-12)9-11-5-7-13(8-6-11)21-22(15,19)20/h2-8H,9-10H2,1H3,(H,16,18). The molecule has 2 rings (SSSR count). The largest absolute Gasteiger partial charge is 0.488 e. The lowest BCUT2D eigenvalue weighted by Crippen LogP contribution is -2.19. The first kappa shape index (κ1) is 16.2. The van der Waals surface area contributed by atoms with Gasteiger partial charge in [-0.3, -0.25) is 9.69 Å². The second kappa shape index (κ2) is 6.71. The highest BCUT2D eigenvalue weighted by atomic mass is 32.3. The van der Waals surface area contributed by atoms with Crippen LogP contribution in [0.25, 0.3) is 0 Å². The zero-order valence-electron chi connectivity index (χ0n) is 11.8. The molecule has 0 fully saturated rings. The zero-order valence-corrected chi connectivity index (χ0v) is 12.6. The number of aromatic nitrogens is 1. The van der Waals surface area contributed by atoms with Gasteiger partial charge in [-0.25, -0.2) is 0 Å². The lowest BCUT2D eigenvalue weighted by Gasteiger charge is -2.16. The normalized spacial score (nSPS) is 11.6. The molecule has 0 saturated carbocycles. The number of halogens is 1. The molecule has 0 radical (unpaired) electrons. The average Bonchev–Trinajstić information content (AvgIpc) is 2.39. The summed E-state index contributed by atoms with van der Waals surface area (Å²) in [6, 6.07) is 11.0. The number of hydrogen-bond donors (Lipinski definition) is 1. The van der Waals surface area contributed by atoms with Gasteiger partial charge in [0.05, 0.1) is 0 Å². The first-order valence-corrected chi connectivity index (χ1v) is 7.72. The van der Waals surface area contributed by atoms with Gasteiger partial charge in [0.2, 0.25) is 5.56 Å². The van der Waals surface area contributed by atoms with Crippen molar-refractivity contribution in [1.29, 1.82) is 0 Å². The summed E-state index contributed by atoms with van der Waals surface area (Å²) in [5.74, 6) is -0.0821. The molecular weight excluding hydrogens is 311 g/mol. The molecule has 1 aromatic heterocycles. The molecule has 1 heterocycles. The second-order valence-electron chi connectivity index (χ2n) is 4.83. The number of nitrogens with zero attached hydrogens (tertiary/aromatic N) is 1. The Bertz CT molecular complexity index is 787. The van der Waals surface area contributed by atoms with Gasteiger partial charge in [0.25, 0.3) is 0 Å². The maximum atomic E-state index is 12.4. The molecule has 0 spiro atoms. The molecule has 22 heavy (non-hydrogen) atoms. The summed E-state index contributed by atoms with van der Waals surface area (Å²) in [6.07, 6.45) is 0. The number of hydrogen-bond acceptors (Lipinski definition) is 5. The van der Waals surface area contributed by atoms with E-state index in [4.69, 9.17) is 0 Å². The Balaban J connectivity index is 1.97. The summed E-state index contributed by atoms with van der Waals surface area (Å²) >= 11 is 0. The Morgan fingerprint density at radius 2 is 1.82 bits per heavy atom. The number of benzene rings is 1. The maximum Gasteiger partial charge on any atom is 0.488 e. The molecule has 0 aliphatic heterocycles. The highest BCUT2D eigenvalue weighted by molar-refractivity contribution is 7.81. The van der Waals surface area contributed by atoms with Crippen molar-refractivity contribution in [3.63, 3.8) is 0 Å². The molecule has 0 atom stereocenters. The fraction of sp³-hybridized carbons (Fsp3) is 0.214. The van der Waals surface area contributed by atoms with Crippen LogP contribution in [0.5, 0.6) is 5.75 Å². The Labute approximate surface area is 127 Å². The van der Waals surface area contributed by atoms with Gasteiger partial charge < -0.3 is 9.17 Å². The van der Waals surface area contributed by atoms with Crippen LogP contribution >= 0.6 is 0 Å². The van der Waals surface area contributed by atoms with E-state index < -0.39 is 10.5 Å². The monoisotopic (exact) mass is 326 g/mol. The highest BCUT2D eigenvalue weighted by Gasteiger charge is 2.09. The van der Waals surface area contributed by atoms with Crippen LogP contribution in [-0.4, -0.2) is 25.3 Å². The van der Waals surface area contributed by atoms with E-state index in [1.54, 1.807) is 18.2 Å². The summed E-state index contributed by atoms with van der Waals surface area (Å²) in [5, 5.41) is 0. The molecule has 2 aromatic rings. The third kappa shape index (κ3) is 5.30. The third-order valence-corrected chi connectivity index (χ3v) is 3.23. The summed E-state index contributed by atoms with van der Waals surface area (Å²) < 4.78 is 37.2. The van der Waals surface area contributed by atoms with E-state index in [1.165, 1.54) is 18.2 Å². The van der Waals surface area contributed by atoms with E-state index in [2.05, 4.69) is 9.17 Å². The minimum absolute atomic E-state index is 0.0821. The molecule has 0 amide bonds. The van der Waals surface area contributed by atoms with Gasteiger partial charge in [-0.15, -0.1) is 0 Å². The molecule has 1 aromatic carbocycles. The lowest BCUT2D eigenvalue weighted by atomic mass is 10.2. The summed E-state index contributed by atoms with van der Waals surface area (Å²) in [4.78, 5) is 15.9. The van der Waals surface area contributed by atoms with Crippen molar-refractivity contribution in [2.75, 3.05) is 7.05 Å². The van der Waals surface area contributed by atoms with Crippen LogP contribution < -0.4 is 9.74 Å². The third-order valence-electron chi connectivity index (χ3n) is 2.84. The predicted octanol–water partition coefficient (Wildman–Crippen LogP) is 1.60. The van der Waals surface area contributed by atoms with Gasteiger partial charge in [-0.2, -0.15) is 8.42 Å². The van der Waals surface area contributed by atoms with Crippen molar-refractivity contribution in [3.8, 4) is 5.75 Å². The van der Waals surface area contributed by atoms with Gasteiger partial charge in [0.1, 0.15) is 5.75 Å². The SMILES string of the molecule is CN(Cc1ccc(OS(=O)(=O)F)cc1)Cc1cccc(=O)[nH]1. The van der Waals surface area contributed by atoms with Crippen molar-refractivity contribution in [3.05, 3.63) is 64.1 Å². The number of H-pyrrole nitrogens is 1. The van der Waals surface area contributed by atoms with Crippen LogP contribution in [0.1, 0.15) is 11.3 Å². The quantitative estimate of drug-likeness (QED) is 0.816. The topological polar surface area (TPSA) is 79.5 Å². The van der Waals surface area contributed by atoms with Crippen LogP contribution in [0.2, 0.25) is 0 Å². The van der Waals surface area contributed by atoms with Gasteiger partial charge in [-0.05, 0) is 30.8 Å². The lowest BCUT2D eigenvalue weighted by molar-refractivity contribution is 0.314. The van der Waals surface area contributed by atoms with Crippen molar-refractivity contribution in [2.24, 2.45) is 0 Å². The number of pyridine rings is 1. The molecule has 1 N–H and O–H groups in total. The second-order valence-corrected chi connectivity index (χ2v) is 5.79. The van der Waals surface area contributed by atoms with Gasteiger partial charge in [0.15, 0.2) is 0 Å². The van der Waals surface area contributed by atoms with E-state index in [9.17, 15) is 17.1 Å². The molecule has 0 aliphatic rings. The highest BCUT2D eigenvalue weighted by Crippen LogP contribution is 2.16. The fourth-order valence-electron chi connectivity index (χ4n) is 2.01. The van der Waals surface area contributed by atoms with E-state index in [1.807, 2.05) is 18.0 Å². The first-order chi connectivity index (χ1) is 10.3. The van der Waals surface area contributed by atoms with Crippen LogP contribution in [0.15, 0.2) is 47.3 Å². The van der Waals surface area contributed by atoms with Crippen molar-refractivity contribution < 1.29 is 16.5 Å². The number of rotatable bonds is 6. The maximum absolute atomic E-state index is 12.4. The minimum Gasteiger partial charge on any atom is -0.358 e. The van der Waals surface area contributed by atoms with E-state index in [-0.39, 0.29) is 11.3 Å². The van der Waals surface area contributed by atoms with Gasteiger partial charge in [-0.1, -0.05) is 22.1 Å². The molecule has 0 aliphatic carbocycles. The van der Waals surface area contributed by atoms with Crippen LogP contribution in [0.3, 0.4) is 0 Å². The molecule has 0 saturated heterocycles.